The lowest BCUT2D eigenvalue weighted by molar-refractivity contribution is 0.0866. The van der Waals surface area contributed by atoms with Gasteiger partial charge in [-0.05, 0) is 36.5 Å². The van der Waals surface area contributed by atoms with Crippen LogP contribution in [-0.4, -0.2) is 6.04 Å². The normalized spacial score (nSPS) is 26.1. The fraction of sp³-hybridized carbons (Fsp3) is 1.00. The first-order chi connectivity index (χ1) is 8.05. The van der Waals surface area contributed by atoms with Crippen LogP contribution in [-0.2, 0) is 0 Å². The summed E-state index contributed by atoms with van der Waals surface area (Å²) in [5, 5.41) is 0. The Morgan fingerprint density at radius 2 is 1.88 bits per heavy atom. The van der Waals surface area contributed by atoms with E-state index in [9.17, 15) is 0 Å². The standard InChI is InChI=1S/C15H32N2/c1-5-12(6-2)11-14(17-16)13-9-7-8-10-15(13,3)4/h12-14,17H,5-11,16H2,1-4H3. The predicted molar refractivity (Wildman–Crippen MR) is 75.5 cm³/mol. The van der Waals surface area contributed by atoms with Crippen LogP contribution in [0.2, 0.25) is 0 Å². The lowest BCUT2D eigenvalue weighted by Gasteiger charge is -2.44. The number of hydrazine groups is 1. The Kier molecular flexibility index (Phi) is 5.94. The number of nitrogens with two attached hydrogens (primary N) is 1. The number of rotatable bonds is 6. The summed E-state index contributed by atoms with van der Waals surface area (Å²) in [4.78, 5) is 0. The van der Waals surface area contributed by atoms with Gasteiger partial charge in [0.2, 0.25) is 0 Å². The lowest BCUT2D eigenvalue weighted by Crippen LogP contribution is -2.48. The van der Waals surface area contributed by atoms with Crippen LogP contribution in [0.3, 0.4) is 0 Å². The Morgan fingerprint density at radius 3 is 2.35 bits per heavy atom. The van der Waals surface area contributed by atoms with Gasteiger partial charge in [-0.25, -0.2) is 0 Å². The average Bonchev–Trinajstić information content (AvgIpc) is 2.31. The zero-order chi connectivity index (χ0) is 12.9. The third-order valence-corrected chi connectivity index (χ3v) is 5.03. The molecule has 17 heavy (non-hydrogen) atoms. The molecule has 1 rings (SSSR count). The van der Waals surface area contributed by atoms with Gasteiger partial charge in [-0.2, -0.15) is 0 Å². The highest BCUT2D eigenvalue weighted by Gasteiger charge is 2.37. The van der Waals surface area contributed by atoms with E-state index in [1.54, 1.807) is 0 Å². The van der Waals surface area contributed by atoms with Crippen molar-refractivity contribution in [2.75, 3.05) is 0 Å². The molecule has 0 bridgehead atoms. The molecule has 102 valence electrons. The van der Waals surface area contributed by atoms with Gasteiger partial charge >= 0.3 is 0 Å². The van der Waals surface area contributed by atoms with Crippen molar-refractivity contribution in [2.24, 2.45) is 23.1 Å². The van der Waals surface area contributed by atoms with E-state index in [-0.39, 0.29) is 0 Å². The summed E-state index contributed by atoms with van der Waals surface area (Å²) in [7, 11) is 0. The second-order valence-corrected chi connectivity index (χ2v) is 6.53. The molecule has 1 aliphatic carbocycles. The van der Waals surface area contributed by atoms with E-state index in [0.29, 0.717) is 11.5 Å². The molecule has 1 fully saturated rings. The van der Waals surface area contributed by atoms with Crippen LogP contribution in [0.25, 0.3) is 0 Å². The van der Waals surface area contributed by atoms with E-state index in [1.807, 2.05) is 0 Å². The Balaban J connectivity index is 2.64. The zero-order valence-corrected chi connectivity index (χ0v) is 12.3. The van der Waals surface area contributed by atoms with E-state index >= 15 is 0 Å². The number of hydrogen-bond acceptors (Lipinski definition) is 2. The van der Waals surface area contributed by atoms with Crippen molar-refractivity contribution >= 4 is 0 Å². The Morgan fingerprint density at radius 1 is 1.24 bits per heavy atom. The van der Waals surface area contributed by atoms with Crippen LogP contribution >= 0.6 is 0 Å². The zero-order valence-electron chi connectivity index (χ0n) is 12.3. The minimum absolute atomic E-state index is 0.460. The topological polar surface area (TPSA) is 38.0 Å². The van der Waals surface area contributed by atoms with E-state index in [0.717, 1.165) is 11.8 Å². The molecule has 0 spiro atoms. The highest BCUT2D eigenvalue weighted by molar-refractivity contribution is 4.90. The number of hydrogen-bond donors (Lipinski definition) is 2. The molecule has 0 heterocycles. The third kappa shape index (κ3) is 3.96. The van der Waals surface area contributed by atoms with Crippen molar-refractivity contribution in [2.45, 2.75) is 78.7 Å². The molecule has 2 atom stereocenters. The van der Waals surface area contributed by atoms with E-state index in [1.165, 1.54) is 44.9 Å². The monoisotopic (exact) mass is 240 g/mol. The SMILES string of the molecule is CCC(CC)CC(NN)C1CCCCC1(C)C. The van der Waals surface area contributed by atoms with Crippen LogP contribution < -0.4 is 11.3 Å². The molecule has 1 aliphatic rings. The third-order valence-electron chi connectivity index (χ3n) is 5.03. The van der Waals surface area contributed by atoms with Crippen molar-refractivity contribution in [3.05, 3.63) is 0 Å². The van der Waals surface area contributed by atoms with Crippen molar-refractivity contribution in [3.8, 4) is 0 Å². The molecule has 1 saturated carbocycles. The van der Waals surface area contributed by atoms with E-state index in [4.69, 9.17) is 5.84 Å². The van der Waals surface area contributed by atoms with Gasteiger partial charge in [-0.3, -0.25) is 11.3 Å². The fourth-order valence-corrected chi connectivity index (χ4v) is 3.60. The largest absolute Gasteiger partial charge is 0.271 e. The minimum Gasteiger partial charge on any atom is -0.271 e. The molecular weight excluding hydrogens is 208 g/mol. The van der Waals surface area contributed by atoms with Crippen LogP contribution in [0.1, 0.15) is 72.6 Å². The fourth-order valence-electron chi connectivity index (χ4n) is 3.60. The van der Waals surface area contributed by atoms with Crippen LogP contribution in [0.15, 0.2) is 0 Å². The summed E-state index contributed by atoms with van der Waals surface area (Å²) >= 11 is 0. The van der Waals surface area contributed by atoms with Gasteiger partial charge in [-0.15, -0.1) is 0 Å². The molecular formula is C15H32N2. The second-order valence-electron chi connectivity index (χ2n) is 6.53. The summed E-state index contributed by atoms with van der Waals surface area (Å²) in [5.41, 5.74) is 3.59. The molecule has 0 amide bonds. The Hall–Kier alpha value is -0.0800. The molecule has 0 aromatic rings. The van der Waals surface area contributed by atoms with Crippen molar-refractivity contribution in [1.82, 2.24) is 5.43 Å². The quantitative estimate of drug-likeness (QED) is 0.546. The summed E-state index contributed by atoms with van der Waals surface area (Å²) in [6, 6.07) is 0.509. The Bertz CT molecular complexity index is 209. The molecule has 0 aromatic heterocycles. The number of nitrogens with one attached hydrogen (secondary N) is 1. The van der Waals surface area contributed by atoms with Crippen LogP contribution in [0.5, 0.6) is 0 Å². The van der Waals surface area contributed by atoms with Gasteiger partial charge in [0.05, 0.1) is 0 Å². The Labute approximate surface area is 108 Å². The second kappa shape index (κ2) is 6.75. The molecule has 2 nitrogen and oxygen atoms in total. The van der Waals surface area contributed by atoms with Gasteiger partial charge in [0, 0.05) is 6.04 Å². The summed E-state index contributed by atoms with van der Waals surface area (Å²) in [6.45, 7) is 9.45. The van der Waals surface area contributed by atoms with E-state index < -0.39 is 0 Å². The summed E-state index contributed by atoms with van der Waals surface area (Å²) in [6.07, 6.45) is 9.29. The molecule has 0 saturated heterocycles. The molecule has 2 unspecified atom stereocenters. The van der Waals surface area contributed by atoms with Crippen molar-refractivity contribution < 1.29 is 0 Å². The predicted octanol–water partition coefficient (Wildman–Crippen LogP) is 3.86. The first kappa shape index (κ1) is 15.0. The highest BCUT2D eigenvalue weighted by Crippen LogP contribution is 2.43. The molecule has 0 aromatic carbocycles. The van der Waals surface area contributed by atoms with Crippen molar-refractivity contribution in [3.63, 3.8) is 0 Å². The first-order valence-electron chi connectivity index (χ1n) is 7.51. The minimum atomic E-state index is 0.460. The smallest absolute Gasteiger partial charge is 0.0246 e. The van der Waals surface area contributed by atoms with Gasteiger partial charge in [0.15, 0.2) is 0 Å². The van der Waals surface area contributed by atoms with Gasteiger partial charge in [0.25, 0.3) is 0 Å². The summed E-state index contributed by atoms with van der Waals surface area (Å²) < 4.78 is 0. The van der Waals surface area contributed by atoms with Crippen molar-refractivity contribution in [1.29, 1.82) is 0 Å². The lowest BCUT2D eigenvalue weighted by atomic mass is 9.64. The first-order valence-corrected chi connectivity index (χ1v) is 7.51. The van der Waals surface area contributed by atoms with Crippen LogP contribution in [0, 0.1) is 17.3 Å². The van der Waals surface area contributed by atoms with E-state index in [2.05, 4.69) is 33.1 Å². The molecule has 0 aliphatic heterocycles. The van der Waals surface area contributed by atoms with Gasteiger partial charge in [-0.1, -0.05) is 53.4 Å². The highest BCUT2D eigenvalue weighted by atomic mass is 15.2. The summed E-state index contributed by atoms with van der Waals surface area (Å²) in [5.74, 6) is 7.41. The maximum absolute atomic E-state index is 5.83. The average molecular weight is 240 g/mol. The van der Waals surface area contributed by atoms with Gasteiger partial charge in [0.1, 0.15) is 0 Å². The molecule has 3 N–H and O–H groups in total. The molecule has 2 heteroatoms. The van der Waals surface area contributed by atoms with Gasteiger partial charge < -0.3 is 0 Å². The maximum Gasteiger partial charge on any atom is 0.0246 e. The molecule has 0 radical (unpaired) electrons. The van der Waals surface area contributed by atoms with Crippen LogP contribution in [0.4, 0.5) is 0 Å². The maximum atomic E-state index is 5.83.